The van der Waals surface area contributed by atoms with Crippen LogP contribution < -0.4 is 5.56 Å². The number of rotatable bonds is 2. The van der Waals surface area contributed by atoms with E-state index in [2.05, 4.69) is 6.08 Å². The highest BCUT2D eigenvalue weighted by Gasteiger charge is 2.37. The first kappa shape index (κ1) is 13.6. The normalized spacial score (nSPS) is 21.4. The van der Waals surface area contributed by atoms with Crippen LogP contribution in [0.2, 0.25) is 0 Å². The average Bonchev–Trinajstić information content (AvgIpc) is 2.88. The van der Waals surface area contributed by atoms with Crippen LogP contribution in [0.3, 0.4) is 0 Å². The minimum absolute atomic E-state index is 0.0547. The Hall–Kier alpha value is -1.39. The molecule has 4 nitrogen and oxygen atoms in total. The molecule has 2 aliphatic rings. The highest BCUT2D eigenvalue weighted by atomic mass is 16.7. The molecule has 0 aromatic carbocycles. The molecule has 108 valence electrons. The van der Waals surface area contributed by atoms with Gasteiger partial charge in [-0.3, -0.25) is 4.79 Å². The third-order valence-corrected chi connectivity index (χ3v) is 4.11. The zero-order chi connectivity index (χ0) is 14.2. The number of ether oxygens (including phenoxy) is 2. The number of nitrogens with zero attached hydrogens (tertiary/aromatic N) is 1. The van der Waals surface area contributed by atoms with Crippen molar-refractivity contribution in [3.63, 3.8) is 0 Å². The van der Waals surface area contributed by atoms with Crippen LogP contribution in [0.15, 0.2) is 29.2 Å². The molecular formula is C16H21NO3. The van der Waals surface area contributed by atoms with Crippen molar-refractivity contribution in [2.24, 2.45) is 0 Å². The largest absolute Gasteiger partial charge is 0.347 e. The summed E-state index contributed by atoms with van der Waals surface area (Å²) in [6.07, 6.45) is 6.77. The standard InChI is InChI=1S/C16H21NO3/c1-12(2)17-11-14(3-4-15(17)18)13-5-7-16(8-6-13)19-9-10-20-16/h3-5,11-12H,6-10H2,1-2H3. The molecular weight excluding hydrogens is 254 g/mol. The number of allylic oxidation sites excluding steroid dienone is 1. The third-order valence-electron chi connectivity index (χ3n) is 4.11. The van der Waals surface area contributed by atoms with E-state index in [1.807, 2.05) is 26.1 Å². The molecule has 3 rings (SSSR count). The number of hydrogen-bond donors (Lipinski definition) is 0. The topological polar surface area (TPSA) is 40.5 Å². The van der Waals surface area contributed by atoms with Gasteiger partial charge < -0.3 is 14.0 Å². The van der Waals surface area contributed by atoms with E-state index in [4.69, 9.17) is 9.47 Å². The van der Waals surface area contributed by atoms with Crippen LogP contribution in [0, 0.1) is 0 Å². The molecule has 0 N–H and O–H groups in total. The molecule has 0 atom stereocenters. The first-order valence-corrected chi connectivity index (χ1v) is 7.29. The summed E-state index contributed by atoms with van der Waals surface area (Å²) >= 11 is 0. The highest BCUT2D eigenvalue weighted by Crippen LogP contribution is 2.37. The molecule has 4 heteroatoms. The maximum Gasteiger partial charge on any atom is 0.250 e. The van der Waals surface area contributed by atoms with Gasteiger partial charge in [0.2, 0.25) is 0 Å². The van der Waals surface area contributed by atoms with Crippen LogP contribution in [0.1, 0.15) is 44.7 Å². The molecule has 1 aliphatic carbocycles. The zero-order valence-electron chi connectivity index (χ0n) is 12.1. The van der Waals surface area contributed by atoms with E-state index in [1.54, 1.807) is 10.6 Å². The maximum atomic E-state index is 11.8. The minimum atomic E-state index is -0.379. The molecule has 20 heavy (non-hydrogen) atoms. The lowest BCUT2D eigenvalue weighted by atomic mass is 9.90. The van der Waals surface area contributed by atoms with E-state index in [0.717, 1.165) is 24.8 Å². The smallest absolute Gasteiger partial charge is 0.250 e. The lowest BCUT2D eigenvalue weighted by Crippen LogP contribution is -2.31. The highest BCUT2D eigenvalue weighted by molar-refractivity contribution is 5.65. The van der Waals surface area contributed by atoms with Gasteiger partial charge in [-0.2, -0.15) is 0 Å². The van der Waals surface area contributed by atoms with Crippen LogP contribution in [-0.4, -0.2) is 23.6 Å². The van der Waals surface area contributed by atoms with Crippen molar-refractivity contribution < 1.29 is 9.47 Å². The summed E-state index contributed by atoms with van der Waals surface area (Å²) in [5, 5.41) is 0. The van der Waals surface area contributed by atoms with Crippen LogP contribution in [-0.2, 0) is 9.47 Å². The first-order valence-electron chi connectivity index (χ1n) is 7.29. The Morgan fingerprint density at radius 1 is 1.25 bits per heavy atom. The fourth-order valence-corrected chi connectivity index (χ4v) is 2.93. The Labute approximate surface area is 119 Å². The molecule has 0 saturated carbocycles. The first-order chi connectivity index (χ1) is 9.60. The Kier molecular flexibility index (Phi) is 3.52. The van der Waals surface area contributed by atoms with Crippen molar-refractivity contribution in [3.05, 3.63) is 40.3 Å². The Morgan fingerprint density at radius 2 is 2.00 bits per heavy atom. The number of aromatic nitrogens is 1. The monoisotopic (exact) mass is 275 g/mol. The molecule has 2 heterocycles. The number of pyridine rings is 1. The molecule has 0 unspecified atom stereocenters. The van der Waals surface area contributed by atoms with Crippen molar-refractivity contribution >= 4 is 5.57 Å². The maximum absolute atomic E-state index is 11.8. The summed E-state index contributed by atoms with van der Waals surface area (Å²) in [4.78, 5) is 11.8. The quantitative estimate of drug-likeness (QED) is 0.833. The molecule has 0 radical (unpaired) electrons. The van der Waals surface area contributed by atoms with E-state index in [0.29, 0.717) is 13.2 Å². The summed E-state index contributed by atoms with van der Waals surface area (Å²) in [7, 11) is 0. The van der Waals surface area contributed by atoms with Crippen molar-refractivity contribution in [1.82, 2.24) is 4.57 Å². The average molecular weight is 275 g/mol. The third kappa shape index (κ3) is 2.45. The predicted molar refractivity (Wildman–Crippen MR) is 77.6 cm³/mol. The molecule has 1 spiro atoms. The van der Waals surface area contributed by atoms with Gasteiger partial charge in [0.05, 0.1) is 13.2 Å². The summed E-state index contributed by atoms with van der Waals surface area (Å²) in [5.74, 6) is -0.379. The second-order valence-corrected chi connectivity index (χ2v) is 5.80. The van der Waals surface area contributed by atoms with Gasteiger partial charge in [0, 0.05) is 31.1 Å². The van der Waals surface area contributed by atoms with E-state index < -0.39 is 0 Å². The Morgan fingerprint density at radius 3 is 2.60 bits per heavy atom. The van der Waals surface area contributed by atoms with E-state index in [1.165, 1.54) is 5.57 Å². The summed E-state index contributed by atoms with van der Waals surface area (Å²) < 4.78 is 13.2. The Bertz CT molecular complexity index is 580. The summed E-state index contributed by atoms with van der Waals surface area (Å²) in [5.41, 5.74) is 2.47. The molecule has 1 fully saturated rings. The van der Waals surface area contributed by atoms with E-state index in [-0.39, 0.29) is 17.4 Å². The zero-order valence-corrected chi connectivity index (χ0v) is 12.1. The second kappa shape index (κ2) is 5.19. The summed E-state index contributed by atoms with van der Waals surface area (Å²) in [6.45, 7) is 5.44. The van der Waals surface area contributed by atoms with Gasteiger partial charge in [0.15, 0.2) is 5.79 Å². The van der Waals surface area contributed by atoms with Gasteiger partial charge in [-0.25, -0.2) is 0 Å². The van der Waals surface area contributed by atoms with Crippen LogP contribution >= 0.6 is 0 Å². The van der Waals surface area contributed by atoms with E-state index >= 15 is 0 Å². The van der Waals surface area contributed by atoms with Crippen LogP contribution in [0.4, 0.5) is 0 Å². The Balaban J connectivity index is 1.85. The lowest BCUT2D eigenvalue weighted by Gasteiger charge is -2.30. The van der Waals surface area contributed by atoms with Crippen molar-refractivity contribution in [2.75, 3.05) is 13.2 Å². The lowest BCUT2D eigenvalue weighted by molar-refractivity contribution is -0.159. The van der Waals surface area contributed by atoms with Gasteiger partial charge in [-0.15, -0.1) is 0 Å². The fourth-order valence-electron chi connectivity index (χ4n) is 2.93. The van der Waals surface area contributed by atoms with E-state index in [9.17, 15) is 4.79 Å². The fraction of sp³-hybridized carbons (Fsp3) is 0.562. The van der Waals surface area contributed by atoms with Gasteiger partial charge in [0.1, 0.15) is 0 Å². The minimum Gasteiger partial charge on any atom is -0.347 e. The SMILES string of the molecule is CC(C)n1cc(C2=CCC3(CC2)OCCO3)ccc1=O. The molecule has 1 aliphatic heterocycles. The van der Waals surface area contributed by atoms with Gasteiger partial charge in [0.25, 0.3) is 5.56 Å². The summed E-state index contributed by atoms with van der Waals surface area (Å²) in [6, 6.07) is 3.75. The van der Waals surface area contributed by atoms with Crippen molar-refractivity contribution in [3.8, 4) is 0 Å². The molecule has 1 saturated heterocycles. The second-order valence-electron chi connectivity index (χ2n) is 5.80. The molecule has 0 amide bonds. The van der Waals surface area contributed by atoms with Gasteiger partial charge >= 0.3 is 0 Å². The molecule has 0 bridgehead atoms. The van der Waals surface area contributed by atoms with Crippen molar-refractivity contribution in [1.29, 1.82) is 0 Å². The van der Waals surface area contributed by atoms with Gasteiger partial charge in [-0.1, -0.05) is 6.08 Å². The number of hydrogen-bond acceptors (Lipinski definition) is 3. The predicted octanol–water partition coefficient (Wildman–Crippen LogP) is 2.74. The van der Waals surface area contributed by atoms with Crippen LogP contribution in [0.5, 0.6) is 0 Å². The van der Waals surface area contributed by atoms with Gasteiger partial charge in [-0.05, 0) is 37.5 Å². The molecule has 1 aromatic rings. The van der Waals surface area contributed by atoms with Crippen molar-refractivity contribution in [2.45, 2.75) is 44.9 Å². The van der Waals surface area contributed by atoms with Crippen LogP contribution in [0.25, 0.3) is 5.57 Å². The molecule has 1 aromatic heterocycles.